The molecule has 1 amide bonds. The fourth-order valence-electron chi connectivity index (χ4n) is 5.57. The maximum absolute atomic E-state index is 14.4. The number of fused-ring (bicyclic) bond motifs is 1. The molecule has 2 aliphatic rings. The van der Waals surface area contributed by atoms with Crippen LogP contribution < -0.4 is 24.8 Å². The number of anilines is 2. The summed E-state index contributed by atoms with van der Waals surface area (Å²) in [5.74, 6) is -2.10. The molecule has 1 saturated heterocycles. The zero-order chi connectivity index (χ0) is 45.0. The van der Waals surface area contributed by atoms with Crippen molar-refractivity contribution in [1.82, 2.24) is 9.88 Å². The molecule has 1 aliphatic heterocycles. The van der Waals surface area contributed by atoms with Crippen LogP contribution in [0.4, 0.5) is 20.2 Å². The van der Waals surface area contributed by atoms with Crippen LogP contribution in [0.3, 0.4) is 0 Å². The standard InChI is InChI=1S/C24H28FN3O4.C11H10FNO2.C6H10O5.CH2O2/c1-26-17-4-5-22(19(25)14-17)32-21-6-7-27-20-16-24(23(29-2)15-18(20)21)31-11-3-8-28-9-12-30-13-10-28;12-8-1-3-9(4-2-8)13-10(15)11(7-14)5-6-11;1-2-6(11,5(9)10)3-4(7)8;2-1-3/h4-7,14-16,26H,3,8-13H2,1-2H3;1-4,7H,5-6H2,(H,13,15);11H,2-3H2,1H3,(H,7,8)(H,9,10);1H,(H,2,3). The van der Waals surface area contributed by atoms with E-state index in [4.69, 9.17) is 44.2 Å². The molecule has 0 bridgehead atoms. The molecule has 1 unspecified atom stereocenters. The van der Waals surface area contributed by atoms with Gasteiger partial charge in [-0.1, -0.05) is 6.92 Å². The lowest BCUT2D eigenvalue weighted by Crippen LogP contribution is -2.39. The number of hydrogen-bond acceptors (Lipinski definition) is 13. The number of morpholine rings is 1. The van der Waals surface area contributed by atoms with Crippen molar-refractivity contribution in [2.45, 2.75) is 44.6 Å². The Kier molecular flexibility index (Phi) is 19.2. The van der Waals surface area contributed by atoms with Crippen molar-refractivity contribution in [3.63, 3.8) is 0 Å². The number of benzene rings is 3. The number of nitrogens with one attached hydrogen (secondary N) is 2. The molecule has 1 aliphatic carbocycles. The van der Waals surface area contributed by atoms with Gasteiger partial charge in [0.25, 0.3) is 6.47 Å². The molecule has 330 valence electrons. The molecule has 0 spiro atoms. The summed E-state index contributed by atoms with van der Waals surface area (Å²) in [5.41, 5.74) is -1.08. The number of carbonyl (C=O) groups is 5. The van der Waals surface area contributed by atoms with E-state index >= 15 is 0 Å². The number of halogens is 2. The van der Waals surface area contributed by atoms with E-state index in [1.165, 1.54) is 37.3 Å². The number of carboxylic acids is 2. The van der Waals surface area contributed by atoms with Crippen LogP contribution in [0.2, 0.25) is 0 Å². The largest absolute Gasteiger partial charge is 0.493 e. The molecule has 1 atom stereocenters. The number of hydrogen-bond donors (Lipinski definition) is 6. The van der Waals surface area contributed by atoms with Crippen LogP contribution in [0, 0.1) is 17.0 Å². The van der Waals surface area contributed by atoms with Gasteiger partial charge < -0.3 is 54.8 Å². The molecule has 61 heavy (non-hydrogen) atoms. The Hall–Kier alpha value is -6.44. The van der Waals surface area contributed by atoms with Crippen LogP contribution in [0.15, 0.2) is 66.9 Å². The number of aldehydes is 1. The first-order chi connectivity index (χ1) is 29.2. The van der Waals surface area contributed by atoms with Crippen molar-refractivity contribution in [3.8, 4) is 23.0 Å². The number of pyridine rings is 1. The Bertz CT molecular complexity index is 2080. The second kappa shape index (κ2) is 24.0. The Morgan fingerprint density at radius 1 is 0.951 bits per heavy atom. The molecule has 6 rings (SSSR count). The van der Waals surface area contributed by atoms with E-state index in [0.29, 0.717) is 65.3 Å². The van der Waals surface area contributed by atoms with Crippen LogP contribution in [0.5, 0.6) is 23.0 Å². The van der Waals surface area contributed by atoms with Gasteiger partial charge in [-0.15, -0.1) is 0 Å². The zero-order valence-corrected chi connectivity index (χ0v) is 33.9. The summed E-state index contributed by atoms with van der Waals surface area (Å²) >= 11 is 0. The van der Waals surface area contributed by atoms with E-state index in [0.717, 1.165) is 39.3 Å². The molecule has 19 heteroatoms. The maximum Gasteiger partial charge on any atom is 0.336 e. The summed E-state index contributed by atoms with van der Waals surface area (Å²) in [6.45, 7) is 6.20. The van der Waals surface area contributed by atoms with Gasteiger partial charge in [0.05, 0.1) is 38.9 Å². The van der Waals surface area contributed by atoms with E-state index in [9.17, 15) is 28.0 Å². The number of carboxylic acid groups (broad SMARTS) is 3. The molecular weight excluding hydrogens is 806 g/mol. The Morgan fingerprint density at radius 3 is 2.13 bits per heavy atom. The zero-order valence-electron chi connectivity index (χ0n) is 33.9. The topological polar surface area (TPSA) is 243 Å². The fraction of sp³-hybridized carbons (Fsp3) is 0.381. The van der Waals surface area contributed by atoms with Crippen LogP contribution in [-0.4, -0.2) is 120 Å². The van der Waals surface area contributed by atoms with Gasteiger partial charge in [-0.25, -0.2) is 13.6 Å². The molecular formula is C42H50F2N4O13. The highest BCUT2D eigenvalue weighted by Crippen LogP contribution is 2.44. The first kappa shape index (κ1) is 48.9. The third-order valence-electron chi connectivity index (χ3n) is 9.40. The van der Waals surface area contributed by atoms with Crippen LogP contribution in [-0.2, 0) is 28.7 Å². The van der Waals surface area contributed by atoms with E-state index in [2.05, 4.69) is 20.5 Å². The minimum Gasteiger partial charge on any atom is -0.493 e. The highest BCUT2D eigenvalue weighted by molar-refractivity contribution is 6.07. The van der Waals surface area contributed by atoms with Crippen molar-refractivity contribution in [2.75, 3.05) is 64.2 Å². The minimum atomic E-state index is -2.12. The first-order valence-corrected chi connectivity index (χ1v) is 19.0. The predicted octanol–water partition coefficient (Wildman–Crippen LogP) is 5.45. The number of aromatic nitrogens is 1. The molecule has 2 heterocycles. The molecule has 6 N–H and O–H groups in total. The Balaban J connectivity index is 0.000000282. The monoisotopic (exact) mass is 856 g/mol. The van der Waals surface area contributed by atoms with Crippen LogP contribution in [0.25, 0.3) is 10.9 Å². The second-order valence-electron chi connectivity index (χ2n) is 13.6. The second-order valence-corrected chi connectivity index (χ2v) is 13.6. The molecule has 4 aromatic rings. The van der Waals surface area contributed by atoms with Crippen molar-refractivity contribution >= 4 is 52.9 Å². The summed E-state index contributed by atoms with van der Waals surface area (Å²) in [7, 11) is 3.33. The summed E-state index contributed by atoms with van der Waals surface area (Å²) in [6, 6.07) is 15.5. The third-order valence-corrected chi connectivity index (χ3v) is 9.40. The average Bonchev–Trinajstić information content (AvgIpc) is 4.06. The number of aliphatic hydroxyl groups is 1. The highest BCUT2D eigenvalue weighted by Gasteiger charge is 2.50. The summed E-state index contributed by atoms with van der Waals surface area (Å²) in [5, 5.41) is 38.8. The van der Waals surface area contributed by atoms with E-state index in [-0.39, 0.29) is 30.4 Å². The Labute approximate surface area is 350 Å². The molecule has 2 fully saturated rings. The maximum atomic E-state index is 14.4. The van der Waals surface area contributed by atoms with Gasteiger partial charge in [0.15, 0.2) is 28.7 Å². The number of ether oxygens (including phenoxy) is 4. The van der Waals surface area contributed by atoms with Crippen molar-refractivity contribution in [2.24, 2.45) is 5.41 Å². The fourth-order valence-corrected chi connectivity index (χ4v) is 5.57. The lowest BCUT2D eigenvalue weighted by atomic mass is 9.97. The van der Waals surface area contributed by atoms with Gasteiger partial charge in [0.2, 0.25) is 5.91 Å². The number of amides is 1. The number of methoxy groups -OCH3 is 1. The smallest absolute Gasteiger partial charge is 0.336 e. The Morgan fingerprint density at radius 2 is 1.61 bits per heavy atom. The quantitative estimate of drug-likeness (QED) is 0.0466. The summed E-state index contributed by atoms with van der Waals surface area (Å²) in [4.78, 5) is 57.7. The van der Waals surface area contributed by atoms with E-state index < -0.39 is 35.2 Å². The molecule has 17 nitrogen and oxygen atoms in total. The van der Waals surface area contributed by atoms with E-state index in [1.54, 1.807) is 38.6 Å². The van der Waals surface area contributed by atoms with Gasteiger partial charge in [-0.3, -0.25) is 24.3 Å². The predicted molar refractivity (Wildman–Crippen MR) is 218 cm³/mol. The van der Waals surface area contributed by atoms with Crippen molar-refractivity contribution in [3.05, 3.63) is 78.5 Å². The summed E-state index contributed by atoms with van der Waals surface area (Å²) in [6.07, 6.45) is 3.54. The third kappa shape index (κ3) is 15.0. The summed E-state index contributed by atoms with van der Waals surface area (Å²) < 4.78 is 49.8. The number of rotatable bonds is 16. The molecule has 1 saturated carbocycles. The lowest BCUT2D eigenvalue weighted by molar-refractivity contribution is -0.165. The molecule has 0 radical (unpaired) electrons. The normalized spacial score (nSPS) is 14.7. The van der Waals surface area contributed by atoms with E-state index in [1.807, 2.05) is 12.1 Å². The number of carbonyl (C=O) groups excluding carboxylic acids is 2. The van der Waals surface area contributed by atoms with Crippen LogP contribution in [0.1, 0.15) is 39.0 Å². The minimum absolute atomic E-state index is 0.116. The van der Waals surface area contributed by atoms with Crippen LogP contribution >= 0.6 is 0 Å². The first-order valence-electron chi connectivity index (χ1n) is 19.0. The van der Waals surface area contributed by atoms with Crippen molar-refractivity contribution < 1.29 is 72.1 Å². The van der Waals surface area contributed by atoms with Gasteiger partial charge in [-0.05, 0) is 74.2 Å². The molecule has 1 aromatic heterocycles. The van der Waals surface area contributed by atoms with Gasteiger partial charge >= 0.3 is 11.9 Å². The number of nitrogens with zero attached hydrogens (tertiary/aromatic N) is 2. The number of aliphatic carboxylic acids is 2. The SMILES string of the molecule is CCC(O)(CC(=O)O)C(=O)O.CNc1ccc(Oc2ccnc3cc(OCCCN4CCOCC4)c(OC)cc23)c(F)c1.O=CC1(C(=O)Nc2ccc(F)cc2)CC1.O=CO. The average molecular weight is 857 g/mol. The van der Waals surface area contributed by atoms with Gasteiger partial charge in [0.1, 0.15) is 23.3 Å². The van der Waals surface area contributed by atoms with Gasteiger partial charge in [0, 0.05) is 61.8 Å². The molecule has 3 aromatic carbocycles. The lowest BCUT2D eigenvalue weighted by Gasteiger charge is -2.26. The van der Waals surface area contributed by atoms with Gasteiger partial charge in [-0.2, -0.15) is 0 Å². The highest BCUT2D eigenvalue weighted by atomic mass is 19.1. The van der Waals surface area contributed by atoms with Crippen molar-refractivity contribution in [1.29, 1.82) is 0 Å².